The van der Waals surface area contributed by atoms with Crippen LogP contribution in [-0.2, 0) is 11.2 Å². The lowest BCUT2D eigenvalue weighted by atomic mass is 10.1. The molecule has 0 aliphatic heterocycles. The number of amides is 1. The molecule has 0 spiro atoms. The van der Waals surface area contributed by atoms with Crippen molar-refractivity contribution < 1.29 is 4.79 Å². The Kier molecular flexibility index (Phi) is 5.86. The van der Waals surface area contributed by atoms with Gasteiger partial charge in [-0.1, -0.05) is 29.8 Å². The Bertz CT molecular complexity index is 371. The van der Waals surface area contributed by atoms with Gasteiger partial charge < -0.3 is 10.6 Å². The molecule has 0 bridgehead atoms. The summed E-state index contributed by atoms with van der Waals surface area (Å²) in [5.41, 5.74) is 8.18. The smallest absolute Gasteiger partial charge is 0.222 e. The highest BCUT2D eigenvalue weighted by molar-refractivity contribution is 5.75. The molecule has 18 heavy (non-hydrogen) atoms. The summed E-state index contributed by atoms with van der Waals surface area (Å²) in [7, 11) is 1.86. The summed E-state index contributed by atoms with van der Waals surface area (Å²) in [6.07, 6.45) is 2.20. The second kappa shape index (κ2) is 7.17. The predicted octanol–water partition coefficient (Wildman–Crippen LogP) is 2.12. The maximum atomic E-state index is 11.8. The number of benzene rings is 1. The monoisotopic (exact) mass is 248 g/mol. The van der Waals surface area contributed by atoms with Crippen LogP contribution in [0, 0.1) is 6.92 Å². The fourth-order valence-corrected chi connectivity index (χ4v) is 1.72. The van der Waals surface area contributed by atoms with Crippen LogP contribution in [0.5, 0.6) is 0 Å². The van der Waals surface area contributed by atoms with Crippen LogP contribution in [0.4, 0.5) is 0 Å². The molecular formula is C15H24N2O. The van der Waals surface area contributed by atoms with Crippen LogP contribution < -0.4 is 5.73 Å². The Morgan fingerprint density at radius 1 is 1.33 bits per heavy atom. The molecule has 0 radical (unpaired) electrons. The number of rotatable bonds is 6. The van der Waals surface area contributed by atoms with Gasteiger partial charge in [-0.15, -0.1) is 0 Å². The Labute approximate surface area is 110 Å². The fraction of sp³-hybridized carbons (Fsp3) is 0.533. The van der Waals surface area contributed by atoms with Gasteiger partial charge in [-0.3, -0.25) is 4.79 Å². The van der Waals surface area contributed by atoms with Gasteiger partial charge in [0.1, 0.15) is 0 Å². The number of carbonyl (C=O) groups is 1. The van der Waals surface area contributed by atoms with Crippen LogP contribution in [0.1, 0.15) is 30.9 Å². The molecular weight excluding hydrogens is 224 g/mol. The molecule has 0 saturated carbocycles. The van der Waals surface area contributed by atoms with Crippen molar-refractivity contribution in [1.29, 1.82) is 0 Å². The molecule has 0 heterocycles. The Morgan fingerprint density at radius 3 is 2.50 bits per heavy atom. The highest BCUT2D eigenvalue weighted by atomic mass is 16.2. The van der Waals surface area contributed by atoms with Crippen molar-refractivity contribution in [3.8, 4) is 0 Å². The first-order valence-corrected chi connectivity index (χ1v) is 6.54. The van der Waals surface area contributed by atoms with Crippen LogP contribution in [0.25, 0.3) is 0 Å². The van der Waals surface area contributed by atoms with E-state index in [2.05, 4.69) is 31.2 Å². The molecule has 1 atom stereocenters. The number of carbonyl (C=O) groups excluding carboxylic acids is 1. The molecule has 1 aromatic carbocycles. The molecule has 100 valence electrons. The third kappa shape index (κ3) is 5.32. The predicted molar refractivity (Wildman–Crippen MR) is 75.4 cm³/mol. The standard InChI is InChI=1S/C15H24N2O/c1-12-4-7-14(8-5-12)10-11-17(3)15(18)9-6-13(2)16/h4-5,7-8,13H,6,9-11,16H2,1-3H3. The lowest BCUT2D eigenvalue weighted by molar-refractivity contribution is -0.130. The van der Waals surface area contributed by atoms with Gasteiger partial charge in [0.15, 0.2) is 0 Å². The summed E-state index contributed by atoms with van der Waals surface area (Å²) in [6, 6.07) is 8.55. The normalized spacial score (nSPS) is 12.2. The topological polar surface area (TPSA) is 46.3 Å². The van der Waals surface area contributed by atoms with Crippen molar-refractivity contribution in [2.24, 2.45) is 5.73 Å². The second-order valence-electron chi connectivity index (χ2n) is 5.07. The summed E-state index contributed by atoms with van der Waals surface area (Å²) >= 11 is 0. The summed E-state index contributed by atoms with van der Waals surface area (Å²) in [5, 5.41) is 0. The molecule has 3 nitrogen and oxygen atoms in total. The lowest BCUT2D eigenvalue weighted by Gasteiger charge is -2.17. The first-order chi connectivity index (χ1) is 8.49. The number of nitrogens with two attached hydrogens (primary N) is 1. The van der Waals surface area contributed by atoms with Crippen molar-refractivity contribution in [2.45, 2.75) is 39.2 Å². The zero-order chi connectivity index (χ0) is 13.5. The van der Waals surface area contributed by atoms with Crippen LogP contribution in [-0.4, -0.2) is 30.4 Å². The molecule has 0 fully saturated rings. The minimum atomic E-state index is 0.0967. The van der Waals surface area contributed by atoms with E-state index in [1.165, 1.54) is 11.1 Å². The third-order valence-corrected chi connectivity index (χ3v) is 3.10. The van der Waals surface area contributed by atoms with Gasteiger partial charge in [0, 0.05) is 26.1 Å². The highest BCUT2D eigenvalue weighted by Crippen LogP contribution is 2.05. The van der Waals surface area contributed by atoms with Gasteiger partial charge in [-0.2, -0.15) is 0 Å². The van der Waals surface area contributed by atoms with Crippen molar-refractivity contribution in [2.75, 3.05) is 13.6 Å². The second-order valence-corrected chi connectivity index (χ2v) is 5.07. The van der Waals surface area contributed by atoms with E-state index >= 15 is 0 Å². The summed E-state index contributed by atoms with van der Waals surface area (Å²) in [4.78, 5) is 13.6. The number of aryl methyl sites for hydroxylation is 1. The van der Waals surface area contributed by atoms with Gasteiger partial charge >= 0.3 is 0 Å². The molecule has 1 unspecified atom stereocenters. The summed E-state index contributed by atoms with van der Waals surface area (Å²) in [6.45, 7) is 4.77. The minimum Gasteiger partial charge on any atom is -0.345 e. The van der Waals surface area contributed by atoms with E-state index in [0.29, 0.717) is 6.42 Å². The van der Waals surface area contributed by atoms with Gasteiger partial charge in [0.05, 0.1) is 0 Å². The van der Waals surface area contributed by atoms with Gasteiger partial charge in [0.25, 0.3) is 0 Å². The van der Waals surface area contributed by atoms with Crippen LogP contribution in [0.15, 0.2) is 24.3 Å². The zero-order valence-corrected chi connectivity index (χ0v) is 11.6. The lowest BCUT2D eigenvalue weighted by Crippen LogP contribution is -2.30. The Balaban J connectivity index is 2.34. The average molecular weight is 248 g/mol. The maximum absolute atomic E-state index is 11.8. The SMILES string of the molecule is Cc1ccc(CCN(C)C(=O)CCC(C)N)cc1. The Morgan fingerprint density at radius 2 is 1.94 bits per heavy atom. The number of nitrogens with zero attached hydrogens (tertiary/aromatic N) is 1. The van der Waals surface area contributed by atoms with E-state index < -0.39 is 0 Å². The number of hydrogen-bond acceptors (Lipinski definition) is 2. The number of likely N-dealkylation sites (N-methyl/N-ethyl adjacent to an activating group) is 1. The van der Waals surface area contributed by atoms with Crippen LogP contribution in [0.2, 0.25) is 0 Å². The van der Waals surface area contributed by atoms with E-state index in [4.69, 9.17) is 5.73 Å². The van der Waals surface area contributed by atoms with E-state index in [0.717, 1.165) is 19.4 Å². The molecule has 0 aromatic heterocycles. The number of hydrogen-bond donors (Lipinski definition) is 1. The van der Waals surface area contributed by atoms with Crippen LogP contribution >= 0.6 is 0 Å². The van der Waals surface area contributed by atoms with Gasteiger partial charge in [-0.05, 0) is 32.3 Å². The zero-order valence-electron chi connectivity index (χ0n) is 11.6. The molecule has 0 aliphatic carbocycles. The average Bonchev–Trinajstić information content (AvgIpc) is 2.34. The van der Waals surface area contributed by atoms with Crippen molar-refractivity contribution in [1.82, 2.24) is 4.90 Å². The molecule has 0 aliphatic rings. The molecule has 2 N–H and O–H groups in total. The molecule has 1 aromatic rings. The maximum Gasteiger partial charge on any atom is 0.222 e. The van der Waals surface area contributed by atoms with Crippen molar-refractivity contribution >= 4 is 5.91 Å². The van der Waals surface area contributed by atoms with E-state index in [9.17, 15) is 4.79 Å². The molecule has 0 saturated heterocycles. The van der Waals surface area contributed by atoms with Gasteiger partial charge in [-0.25, -0.2) is 0 Å². The van der Waals surface area contributed by atoms with E-state index in [-0.39, 0.29) is 11.9 Å². The quantitative estimate of drug-likeness (QED) is 0.838. The minimum absolute atomic E-state index is 0.0967. The van der Waals surface area contributed by atoms with E-state index in [1.54, 1.807) is 4.90 Å². The highest BCUT2D eigenvalue weighted by Gasteiger charge is 2.09. The largest absolute Gasteiger partial charge is 0.345 e. The summed E-state index contributed by atoms with van der Waals surface area (Å²) < 4.78 is 0. The molecule has 1 amide bonds. The van der Waals surface area contributed by atoms with Crippen molar-refractivity contribution in [3.63, 3.8) is 0 Å². The van der Waals surface area contributed by atoms with E-state index in [1.807, 2.05) is 14.0 Å². The van der Waals surface area contributed by atoms with Crippen molar-refractivity contribution in [3.05, 3.63) is 35.4 Å². The van der Waals surface area contributed by atoms with Crippen LogP contribution in [0.3, 0.4) is 0 Å². The summed E-state index contributed by atoms with van der Waals surface area (Å²) in [5.74, 6) is 0.180. The Hall–Kier alpha value is -1.35. The van der Waals surface area contributed by atoms with Gasteiger partial charge in [0.2, 0.25) is 5.91 Å². The first kappa shape index (κ1) is 14.7. The third-order valence-electron chi connectivity index (χ3n) is 3.10. The fourth-order valence-electron chi connectivity index (χ4n) is 1.72. The first-order valence-electron chi connectivity index (χ1n) is 6.54. The molecule has 1 rings (SSSR count). The molecule has 3 heteroatoms.